The Bertz CT molecular complexity index is 826. The number of ether oxygens (including phenoxy) is 1. The van der Waals surface area contributed by atoms with Gasteiger partial charge in [-0.3, -0.25) is 9.59 Å². The van der Waals surface area contributed by atoms with Crippen LogP contribution in [-0.4, -0.2) is 32.0 Å². The van der Waals surface area contributed by atoms with E-state index in [1.807, 2.05) is 0 Å². The normalized spacial score (nSPS) is 16.7. The van der Waals surface area contributed by atoms with Crippen LogP contribution in [0.2, 0.25) is 5.02 Å². The van der Waals surface area contributed by atoms with Gasteiger partial charge in [-0.2, -0.15) is 0 Å². The van der Waals surface area contributed by atoms with Crippen LogP contribution in [0.25, 0.3) is 0 Å². The Morgan fingerprint density at radius 2 is 2.04 bits per heavy atom. The zero-order chi connectivity index (χ0) is 18.7. The molecule has 136 valence electrons. The van der Waals surface area contributed by atoms with Gasteiger partial charge < -0.3 is 15.0 Å². The van der Waals surface area contributed by atoms with Crippen molar-refractivity contribution in [1.29, 1.82) is 0 Å². The molecule has 1 atom stereocenters. The smallest absolute Gasteiger partial charge is 0.255 e. The lowest BCUT2D eigenvalue weighted by molar-refractivity contribution is -0.117. The van der Waals surface area contributed by atoms with Crippen LogP contribution in [0.3, 0.4) is 0 Å². The maximum atomic E-state index is 13.0. The molecule has 2 aromatic rings. The fourth-order valence-corrected chi connectivity index (χ4v) is 3.15. The number of nitrogens with zero attached hydrogens (tertiary/aromatic N) is 1. The van der Waals surface area contributed by atoms with Crippen molar-refractivity contribution in [1.82, 2.24) is 5.32 Å². The van der Waals surface area contributed by atoms with Crippen LogP contribution in [-0.2, 0) is 4.79 Å². The molecule has 1 N–H and O–H groups in total. The van der Waals surface area contributed by atoms with E-state index in [9.17, 15) is 14.0 Å². The Morgan fingerprint density at radius 1 is 1.31 bits per heavy atom. The molecule has 2 amide bonds. The summed E-state index contributed by atoms with van der Waals surface area (Å²) in [5.41, 5.74) is 1.00. The molecule has 1 saturated heterocycles. The van der Waals surface area contributed by atoms with Gasteiger partial charge in [-0.15, -0.1) is 0 Å². The summed E-state index contributed by atoms with van der Waals surface area (Å²) in [6.45, 7) is 0.815. The Morgan fingerprint density at radius 3 is 2.73 bits per heavy atom. The van der Waals surface area contributed by atoms with E-state index >= 15 is 0 Å². The van der Waals surface area contributed by atoms with Gasteiger partial charge >= 0.3 is 0 Å². The topological polar surface area (TPSA) is 58.6 Å². The highest BCUT2D eigenvalue weighted by molar-refractivity contribution is 6.31. The van der Waals surface area contributed by atoms with Crippen molar-refractivity contribution in [3.05, 3.63) is 58.9 Å². The summed E-state index contributed by atoms with van der Waals surface area (Å²) in [5.74, 6) is -0.295. The van der Waals surface area contributed by atoms with Gasteiger partial charge in [0.05, 0.1) is 12.7 Å². The molecular weight excluding hydrogens is 359 g/mol. The zero-order valence-electron chi connectivity index (χ0n) is 14.2. The highest BCUT2D eigenvalue weighted by Gasteiger charge is 2.31. The van der Waals surface area contributed by atoms with Gasteiger partial charge in [-0.1, -0.05) is 11.6 Å². The lowest BCUT2D eigenvalue weighted by atomic mass is 10.1. The van der Waals surface area contributed by atoms with E-state index in [-0.39, 0.29) is 23.5 Å². The van der Waals surface area contributed by atoms with Crippen molar-refractivity contribution < 1.29 is 18.7 Å². The summed E-state index contributed by atoms with van der Waals surface area (Å²) in [7, 11) is 1.48. The highest BCUT2D eigenvalue weighted by atomic mass is 35.5. The van der Waals surface area contributed by atoms with Gasteiger partial charge in [0.1, 0.15) is 11.6 Å². The summed E-state index contributed by atoms with van der Waals surface area (Å²) in [5, 5.41) is 3.27. The predicted octanol–water partition coefficient (Wildman–Crippen LogP) is 3.27. The monoisotopic (exact) mass is 376 g/mol. The lowest BCUT2D eigenvalue weighted by Crippen LogP contribution is -2.31. The van der Waals surface area contributed by atoms with Gasteiger partial charge in [0.2, 0.25) is 5.91 Å². The average Bonchev–Trinajstić information content (AvgIpc) is 3.01. The summed E-state index contributed by atoms with van der Waals surface area (Å²) < 4.78 is 18.2. The summed E-state index contributed by atoms with van der Waals surface area (Å²) in [6.07, 6.45) is 0.324. The van der Waals surface area contributed by atoms with Crippen molar-refractivity contribution in [2.45, 2.75) is 6.42 Å². The van der Waals surface area contributed by atoms with Gasteiger partial charge in [0, 0.05) is 36.1 Å². The first-order valence-corrected chi connectivity index (χ1v) is 8.53. The number of anilines is 1. The van der Waals surface area contributed by atoms with Crippen molar-refractivity contribution in [3.63, 3.8) is 0 Å². The minimum absolute atomic E-state index is 0.0262. The van der Waals surface area contributed by atoms with E-state index in [2.05, 4.69) is 5.32 Å². The first-order chi connectivity index (χ1) is 12.5. The summed E-state index contributed by atoms with van der Waals surface area (Å²) >= 11 is 5.95. The van der Waals surface area contributed by atoms with Crippen LogP contribution in [0.4, 0.5) is 10.1 Å². The molecule has 1 aliphatic rings. The molecule has 0 spiro atoms. The van der Waals surface area contributed by atoms with Gasteiger partial charge in [0.25, 0.3) is 5.91 Å². The number of benzene rings is 2. The minimum Gasteiger partial charge on any atom is -0.496 e. The quantitative estimate of drug-likeness (QED) is 0.871. The molecule has 0 saturated carbocycles. The number of rotatable bonds is 5. The van der Waals surface area contributed by atoms with Gasteiger partial charge in [0.15, 0.2) is 0 Å². The van der Waals surface area contributed by atoms with E-state index in [0.717, 1.165) is 0 Å². The number of hydrogen-bond donors (Lipinski definition) is 1. The molecule has 2 aromatic carbocycles. The van der Waals surface area contributed by atoms with Crippen LogP contribution in [0.5, 0.6) is 5.75 Å². The maximum Gasteiger partial charge on any atom is 0.255 e. The molecule has 0 aromatic heterocycles. The average molecular weight is 377 g/mol. The molecule has 7 heteroatoms. The fraction of sp³-hybridized carbons (Fsp3) is 0.263. The van der Waals surface area contributed by atoms with Crippen LogP contribution >= 0.6 is 11.6 Å². The number of halogens is 2. The molecule has 3 rings (SSSR count). The number of methoxy groups -OCH3 is 1. The molecule has 1 fully saturated rings. The van der Waals surface area contributed by atoms with E-state index in [0.29, 0.717) is 41.5 Å². The molecule has 26 heavy (non-hydrogen) atoms. The number of carbonyl (C=O) groups excluding carboxylic acids is 2. The number of amides is 2. The second-order valence-corrected chi connectivity index (χ2v) is 6.54. The molecule has 0 unspecified atom stereocenters. The van der Waals surface area contributed by atoms with E-state index in [1.165, 1.54) is 19.2 Å². The summed E-state index contributed by atoms with van der Waals surface area (Å²) in [6, 6.07) is 10.6. The van der Waals surface area contributed by atoms with Crippen LogP contribution in [0.1, 0.15) is 16.8 Å². The second-order valence-electron chi connectivity index (χ2n) is 6.11. The molecule has 1 heterocycles. The third-order valence-electron chi connectivity index (χ3n) is 4.30. The molecular formula is C19H18ClFN2O3. The van der Waals surface area contributed by atoms with E-state index in [4.69, 9.17) is 16.3 Å². The van der Waals surface area contributed by atoms with Crippen molar-refractivity contribution in [2.24, 2.45) is 5.92 Å². The molecule has 1 aliphatic heterocycles. The van der Waals surface area contributed by atoms with Gasteiger partial charge in [-0.05, 0) is 42.5 Å². The third-order valence-corrected chi connectivity index (χ3v) is 4.54. The molecule has 5 nitrogen and oxygen atoms in total. The third kappa shape index (κ3) is 3.96. The SMILES string of the molecule is COc1ccc(Cl)cc1C(=O)NC[C@@H]1CC(=O)N(c2ccc(F)cc2)C1. The maximum absolute atomic E-state index is 13.0. The Hall–Kier alpha value is -2.60. The Labute approximate surface area is 155 Å². The minimum atomic E-state index is -0.348. The second kappa shape index (κ2) is 7.74. The standard InChI is InChI=1S/C19H18ClFN2O3/c1-26-17-7-2-13(20)9-16(17)19(25)22-10-12-8-18(24)23(11-12)15-5-3-14(21)4-6-15/h2-7,9,12H,8,10-11H2,1H3,(H,22,25)/t12-/m0/s1. The van der Waals surface area contributed by atoms with Crippen molar-refractivity contribution >= 4 is 29.1 Å². The first-order valence-electron chi connectivity index (χ1n) is 8.15. The lowest BCUT2D eigenvalue weighted by Gasteiger charge is -2.17. The Kier molecular flexibility index (Phi) is 5.42. The predicted molar refractivity (Wildman–Crippen MR) is 97.2 cm³/mol. The molecule has 0 radical (unpaired) electrons. The number of carbonyl (C=O) groups is 2. The van der Waals surface area contributed by atoms with E-state index in [1.54, 1.807) is 35.2 Å². The van der Waals surface area contributed by atoms with E-state index < -0.39 is 0 Å². The van der Waals surface area contributed by atoms with Crippen LogP contribution in [0, 0.1) is 11.7 Å². The van der Waals surface area contributed by atoms with Crippen molar-refractivity contribution in [2.75, 3.05) is 25.1 Å². The largest absolute Gasteiger partial charge is 0.496 e. The Balaban J connectivity index is 1.62. The highest BCUT2D eigenvalue weighted by Crippen LogP contribution is 2.26. The number of hydrogen-bond acceptors (Lipinski definition) is 3. The summed E-state index contributed by atoms with van der Waals surface area (Å²) in [4.78, 5) is 26.2. The van der Waals surface area contributed by atoms with Crippen molar-refractivity contribution in [3.8, 4) is 5.75 Å². The first kappa shape index (κ1) is 18.2. The van der Waals surface area contributed by atoms with Crippen LogP contribution < -0.4 is 15.0 Å². The zero-order valence-corrected chi connectivity index (χ0v) is 14.9. The molecule has 0 aliphatic carbocycles. The van der Waals surface area contributed by atoms with Crippen LogP contribution in [0.15, 0.2) is 42.5 Å². The van der Waals surface area contributed by atoms with Gasteiger partial charge in [-0.25, -0.2) is 4.39 Å². The molecule has 0 bridgehead atoms. The fourth-order valence-electron chi connectivity index (χ4n) is 2.98. The number of nitrogens with one attached hydrogen (secondary N) is 1.